The Morgan fingerprint density at radius 1 is 1.19 bits per heavy atom. The van der Waals surface area contributed by atoms with Gasteiger partial charge in [-0.15, -0.1) is 11.3 Å². The molecule has 1 fully saturated rings. The van der Waals surface area contributed by atoms with E-state index in [9.17, 15) is 4.79 Å². The summed E-state index contributed by atoms with van der Waals surface area (Å²) in [6, 6.07) is 9.63. The zero-order chi connectivity index (χ0) is 18.5. The predicted octanol–water partition coefficient (Wildman–Crippen LogP) is 3.54. The highest BCUT2D eigenvalue weighted by Crippen LogP contribution is 2.24. The van der Waals surface area contributed by atoms with Crippen molar-refractivity contribution in [3.8, 4) is 11.3 Å². The smallest absolute Gasteiger partial charge is 0.276 e. The monoisotopic (exact) mass is 382 g/mol. The Morgan fingerprint density at radius 2 is 2.00 bits per heavy atom. The van der Waals surface area contributed by atoms with E-state index in [1.54, 1.807) is 17.5 Å². The normalized spacial score (nSPS) is 14.5. The lowest BCUT2D eigenvalue weighted by Gasteiger charge is -2.24. The molecule has 1 aromatic carbocycles. The fourth-order valence-electron chi connectivity index (χ4n) is 3.36. The van der Waals surface area contributed by atoms with Gasteiger partial charge in [0.1, 0.15) is 5.01 Å². The maximum absolute atomic E-state index is 13.3. The molecule has 1 amide bonds. The molecule has 3 heterocycles. The number of carbonyl (C=O) groups is 1. The first-order valence-electron chi connectivity index (χ1n) is 9.20. The molecule has 140 valence electrons. The predicted molar refractivity (Wildman–Crippen MR) is 104 cm³/mol. The Hall–Kier alpha value is -2.51. The van der Waals surface area contributed by atoms with E-state index in [0.29, 0.717) is 24.5 Å². The van der Waals surface area contributed by atoms with Crippen LogP contribution in [-0.4, -0.2) is 51.9 Å². The molecule has 0 aliphatic carbocycles. The number of hydrogen-bond acceptors (Lipinski definition) is 6. The number of hydrogen-bond donors (Lipinski definition) is 0. The number of likely N-dealkylation sites (tertiary alicyclic amines) is 1. The summed E-state index contributed by atoms with van der Waals surface area (Å²) >= 11 is 1.56. The Labute approximate surface area is 162 Å². The van der Waals surface area contributed by atoms with Crippen LogP contribution in [0.15, 0.2) is 52.7 Å². The number of amides is 1. The molecule has 0 atom stereocenters. The number of benzene rings is 1. The summed E-state index contributed by atoms with van der Waals surface area (Å²) in [5, 5.41) is 2.86. The number of oxazole rings is 1. The number of aromatic nitrogens is 2. The SMILES string of the molecule is O=C(c1ncoc1-c1ccccc1)N(CCN1CCCC1)Cc1nccs1. The van der Waals surface area contributed by atoms with Gasteiger partial charge in [-0.25, -0.2) is 9.97 Å². The molecule has 0 spiro atoms. The molecule has 2 aromatic heterocycles. The summed E-state index contributed by atoms with van der Waals surface area (Å²) in [4.78, 5) is 26.1. The summed E-state index contributed by atoms with van der Waals surface area (Å²) in [5.41, 5.74) is 1.21. The van der Waals surface area contributed by atoms with Crippen molar-refractivity contribution in [2.75, 3.05) is 26.2 Å². The van der Waals surface area contributed by atoms with Crippen molar-refractivity contribution in [2.45, 2.75) is 19.4 Å². The van der Waals surface area contributed by atoms with Gasteiger partial charge in [0.2, 0.25) is 0 Å². The van der Waals surface area contributed by atoms with Crippen molar-refractivity contribution in [1.29, 1.82) is 0 Å². The van der Waals surface area contributed by atoms with E-state index >= 15 is 0 Å². The van der Waals surface area contributed by atoms with Crippen molar-refractivity contribution >= 4 is 17.2 Å². The number of rotatable bonds is 7. The quantitative estimate of drug-likeness (QED) is 0.625. The van der Waals surface area contributed by atoms with E-state index in [1.165, 1.54) is 19.2 Å². The van der Waals surface area contributed by atoms with Crippen LogP contribution in [0.3, 0.4) is 0 Å². The van der Waals surface area contributed by atoms with Gasteiger partial charge in [-0.05, 0) is 25.9 Å². The van der Waals surface area contributed by atoms with E-state index in [0.717, 1.165) is 30.2 Å². The van der Waals surface area contributed by atoms with Crippen molar-refractivity contribution in [3.05, 3.63) is 59.0 Å². The van der Waals surface area contributed by atoms with E-state index in [4.69, 9.17) is 4.42 Å². The minimum atomic E-state index is -0.114. The second-order valence-corrected chi connectivity index (χ2v) is 7.58. The third-order valence-corrected chi connectivity index (χ3v) is 5.55. The van der Waals surface area contributed by atoms with Crippen molar-refractivity contribution in [1.82, 2.24) is 19.8 Å². The zero-order valence-electron chi connectivity index (χ0n) is 15.1. The van der Waals surface area contributed by atoms with Gasteiger partial charge in [-0.2, -0.15) is 0 Å². The molecule has 0 unspecified atom stereocenters. The third kappa shape index (κ3) is 4.26. The fraction of sp³-hybridized carbons (Fsp3) is 0.350. The van der Waals surface area contributed by atoms with Crippen LogP contribution in [0.2, 0.25) is 0 Å². The molecule has 0 saturated carbocycles. The number of carbonyl (C=O) groups excluding carboxylic acids is 1. The van der Waals surface area contributed by atoms with Crippen LogP contribution in [0.4, 0.5) is 0 Å². The van der Waals surface area contributed by atoms with Gasteiger partial charge >= 0.3 is 0 Å². The molecule has 3 aromatic rings. The molecule has 0 bridgehead atoms. The van der Waals surface area contributed by atoms with Crippen molar-refractivity contribution in [3.63, 3.8) is 0 Å². The molecule has 1 saturated heterocycles. The summed E-state index contributed by atoms with van der Waals surface area (Å²) in [6.45, 7) is 4.23. The van der Waals surface area contributed by atoms with Crippen LogP contribution in [0.25, 0.3) is 11.3 Å². The fourth-order valence-corrected chi connectivity index (χ4v) is 3.99. The first-order chi connectivity index (χ1) is 13.3. The lowest BCUT2D eigenvalue weighted by Crippen LogP contribution is -2.37. The topological polar surface area (TPSA) is 62.5 Å². The Balaban J connectivity index is 1.55. The van der Waals surface area contributed by atoms with Crippen LogP contribution in [0.5, 0.6) is 0 Å². The molecule has 1 aliphatic heterocycles. The molecule has 1 aliphatic rings. The van der Waals surface area contributed by atoms with Gasteiger partial charge in [-0.3, -0.25) is 4.79 Å². The van der Waals surface area contributed by atoms with Crippen molar-refractivity contribution in [2.24, 2.45) is 0 Å². The third-order valence-electron chi connectivity index (χ3n) is 4.79. The minimum Gasteiger partial charge on any atom is -0.443 e. The van der Waals surface area contributed by atoms with Crippen LogP contribution < -0.4 is 0 Å². The molecule has 7 heteroatoms. The van der Waals surface area contributed by atoms with Crippen LogP contribution in [0, 0.1) is 0 Å². The van der Waals surface area contributed by atoms with Crippen LogP contribution >= 0.6 is 11.3 Å². The average molecular weight is 382 g/mol. The number of thiazole rings is 1. The summed E-state index contributed by atoms with van der Waals surface area (Å²) in [5.74, 6) is 0.405. The maximum Gasteiger partial charge on any atom is 0.276 e. The van der Waals surface area contributed by atoms with Crippen LogP contribution in [-0.2, 0) is 6.54 Å². The summed E-state index contributed by atoms with van der Waals surface area (Å²) < 4.78 is 5.55. The second-order valence-electron chi connectivity index (χ2n) is 6.60. The Kier molecular flexibility index (Phi) is 5.60. The number of nitrogens with zero attached hydrogens (tertiary/aromatic N) is 4. The summed E-state index contributed by atoms with van der Waals surface area (Å²) in [7, 11) is 0. The highest BCUT2D eigenvalue weighted by molar-refractivity contribution is 7.09. The first-order valence-corrected chi connectivity index (χ1v) is 10.1. The highest BCUT2D eigenvalue weighted by Gasteiger charge is 2.25. The van der Waals surface area contributed by atoms with E-state index in [-0.39, 0.29) is 5.91 Å². The molecular formula is C20H22N4O2S. The lowest BCUT2D eigenvalue weighted by atomic mass is 10.1. The Morgan fingerprint density at radius 3 is 2.74 bits per heavy atom. The standard InChI is InChI=1S/C20H22N4O2S/c25-20(18-19(26-15-22-18)16-6-2-1-3-7-16)24(14-17-21-8-13-27-17)12-11-23-9-4-5-10-23/h1-3,6-8,13,15H,4-5,9-12,14H2. The largest absolute Gasteiger partial charge is 0.443 e. The first kappa shape index (κ1) is 17.9. The molecular weight excluding hydrogens is 360 g/mol. The van der Waals surface area contributed by atoms with Gasteiger partial charge in [-0.1, -0.05) is 30.3 Å². The van der Waals surface area contributed by atoms with Gasteiger partial charge in [0.15, 0.2) is 17.8 Å². The molecule has 0 radical (unpaired) electrons. The van der Waals surface area contributed by atoms with Gasteiger partial charge in [0.25, 0.3) is 5.91 Å². The molecule has 27 heavy (non-hydrogen) atoms. The molecule has 0 N–H and O–H groups in total. The Bertz CT molecular complexity index is 857. The highest BCUT2D eigenvalue weighted by atomic mass is 32.1. The van der Waals surface area contributed by atoms with E-state index in [1.807, 2.05) is 40.6 Å². The second kappa shape index (κ2) is 8.45. The zero-order valence-corrected chi connectivity index (χ0v) is 15.9. The van der Waals surface area contributed by atoms with Gasteiger partial charge < -0.3 is 14.2 Å². The van der Waals surface area contributed by atoms with Crippen LogP contribution in [0.1, 0.15) is 28.3 Å². The summed E-state index contributed by atoms with van der Waals surface area (Å²) in [6.07, 6.45) is 5.59. The lowest BCUT2D eigenvalue weighted by molar-refractivity contribution is 0.0722. The van der Waals surface area contributed by atoms with Gasteiger partial charge in [0.05, 0.1) is 6.54 Å². The van der Waals surface area contributed by atoms with Gasteiger partial charge in [0, 0.05) is 30.2 Å². The molecule has 6 nitrogen and oxygen atoms in total. The maximum atomic E-state index is 13.3. The van der Waals surface area contributed by atoms with E-state index in [2.05, 4.69) is 14.9 Å². The van der Waals surface area contributed by atoms with Crippen molar-refractivity contribution < 1.29 is 9.21 Å². The van der Waals surface area contributed by atoms with E-state index < -0.39 is 0 Å². The molecule has 4 rings (SSSR count). The average Bonchev–Trinajstić information content (AvgIpc) is 3.48. The minimum absolute atomic E-state index is 0.114.